The molecule has 1 amide bonds. The maximum atomic E-state index is 14.1. The number of aromatic amines is 2. The number of nitrogens with zero attached hydrogens (tertiary/aromatic N) is 1. The molecule has 0 unspecified atom stereocenters. The van der Waals surface area contributed by atoms with Gasteiger partial charge in [-0.2, -0.15) is 0 Å². The molecule has 0 radical (unpaired) electrons. The zero-order valence-corrected chi connectivity index (χ0v) is 22.5. The van der Waals surface area contributed by atoms with Gasteiger partial charge in [-0.25, -0.2) is 4.79 Å². The normalized spacial score (nSPS) is 17.0. The highest BCUT2D eigenvalue weighted by atomic mass is 79.9. The highest BCUT2D eigenvalue weighted by molar-refractivity contribution is 9.10. The Bertz CT molecular complexity index is 1740. The Balaban J connectivity index is 1.55. The van der Waals surface area contributed by atoms with E-state index in [9.17, 15) is 14.4 Å². The molecule has 1 aliphatic rings. The Hall–Kier alpha value is -3.88. The molecule has 0 bridgehead atoms. The summed E-state index contributed by atoms with van der Waals surface area (Å²) in [6.45, 7) is 0. The van der Waals surface area contributed by atoms with E-state index in [1.165, 1.54) is 18.2 Å². The minimum atomic E-state index is -1.01. The topological polar surface area (TPSA) is 95.3 Å². The number of fused-ring (bicyclic) bond motifs is 4. The number of amides is 1. The van der Waals surface area contributed by atoms with Gasteiger partial charge in [0.15, 0.2) is 0 Å². The summed E-state index contributed by atoms with van der Waals surface area (Å²) in [4.78, 5) is 49.0. The number of esters is 1. The maximum absolute atomic E-state index is 14.1. The molecule has 2 aromatic heterocycles. The van der Waals surface area contributed by atoms with Crippen molar-refractivity contribution >= 4 is 67.0 Å². The first kappa shape index (κ1) is 24.5. The number of methoxy groups -OCH3 is 1. The second-order valence-corrected chi connectivity index (χ2v) is 10.5. The van der Waals surface area contributed by atoms with Gasteiger partial charge in [-0.1, -0.05) is 57.9 Å². The summed E-state index contributed by atoms with van der Waals surface area (Å²) in [7, 11) is 1.28. The van der Waals surface area contributed by atoms with Gasteiger partial charge in [0.05, 0.1) is 18.7 Å². The molecule has 1 aliphatic heterocycles. The number of ether oxygens (including phenoxy) is 1. The fourth-order valence-electron chi connectivity index (χ4n) is 5.36. The molecule has 2 N–H and O–H groups in total. The van der Waals surface area contributed by atoms with Gasteiger partial charge >= 0.3 is 5.97 Å². The van der Waals surface area contributed by atoms with Gasteiger partial charge in [0.1, 0.15) is 6.04 Å². The largest absolute Gasteiger partial charge is 0.467 e. The minimum absolute atomic E-state index is 0.203. The number of hydrogen-bond donors (Lipinski definition) is 2. The number of carbonyl (C=O) groups is 3. The van der Waals surface area contributed by atoms with Crippen molar-refractivity contribution < 1.29 is 19.1 Å². The predicted molar refractivity (Wildman–Crippen MR) is 148 cm³/mol. The maximum Gasteiger partial charge on any atom is 0.328 e. The first-order valence-corrected chi connectivity index (χ1v) is 13.1. The standard InChI is InChI=1S/C29H21BrClN3O4/c1-38-29(37)24-13-20-18-4-2-3-5-23(18)33-25(20)26(15-6-9-17(31)10-7-15)34(24)28(36)27(35)21-14-32-22-11-8-16(30)12-19(21)22/h2-12,14,24,26,32-33H,13H2,1H3/t24-,26+/m0/s1. The molecule has 0 aliphatic carbocycles. The zero-order valence-electron chi connectivity index (χ0n) is 20.1. The van der Waals surface area contributed by atoms with Crippen LogP contribution in [-0.4, -0.2) is 45.7 Å². The first-order valence-electron chi connectivity index (χ1n) is 11.9. The number of ketones is 1. The van der Waals surface area contributed by atoms with Crippen LogP contribution < -0.4 is 0 Å². The summed E-state index contributed by atoms with van der Waals surface area (Å²) in [5.74, 6) is -2.12. The van der Waals surface area contributed by atoms with Crippen LogP contribution >= 0.6 is 27.5 Å². The molecule has 0 spiro atoms. The van der Waals surface area contributed by atoms with Crippen LogP contribution in [0.1, 0.15) is 33.2 Å². The van der Waals surface area contributed by atoms with Gasteiger partial charge in [-0.3, -0.25) is 9.59 Å². The lowest BCUT2D eigenvalue weighted by Crippen LogP contribution is -2.53. The molecule has 190 valence electrons. The van der Waals surface area contributed by atoms with E-state index in [4.69, 9.17) is 16.3 Å². The monoisotopic (exact) mass is 589 g/mol. The molecule has 0 fully saturated rings. The van der Waals surface area contributed by atoms with E-state index in [-0.39, 0.29) is 12.0 Å². The first-order chi connectivity index (χ1) is 18.4. The summed E-state index contributed by atoms with van der Waals surface area (Å²) in [5.41, 5.74) is 4.19. The van der Waals surface area contributed by atoms with Crippen molar-refractivity contribution in [1.82, 2.24) is 14.9 Å². The summed E-state index contributed by atoms with van der Waals surface area (Å²) in [5, 5.41) is 2.10. The van der Waals surface area contributed by atoms with Crippen molar-refractivity contribution in [2.45, 2.75) is 18.5 Å². The second-order valence-electron chi connectivity index (χ2n) is 9.19. The highest BCUT2D eigenvalue weighted by Crippen LogP contribution is 2.42. The van der Waals surface area contributed by atoms with Crippen LogP contribution in [-0.2, 0) is 20.7 Å². The molecule has 2 atom stereocenters. The van der Waals surface area contributed by atoms with E-state index in [1.54, 1.807) is 30.3 Å². The van der Waals surface area contributed by atoms with Crippen LogP contribution in [0.15, 0.2) is 77.4 Å². The van der Waals surface area contributed by atoms with Gasteiger partial charge in [-0.05, 0) is 47.5 Å². The molecule has 6 rings (SSSR count). The molecule has 0 saturated carbocycles. The lowest BCUT2D eigenvalue weighted by atomic mass is 9.87. The lowest BCUT2D eigenvalue weighted by Gasteiger charge is -2.40. The minimum Gasteiger partial charge on any atom is -0.467 e. The number of halogens is 2. The molecule has 7 nitrogen and oxygen atoms in total. The molecule has 5 aromatic rings. The second kappa shape index (κ2) is 9.45. The quantitative estimate of drug-likeness (QED) is 0.153. The smallest absolute Gasteiger partial charge is 0.328 e. The van der Waals surface area contributed by atoms with Crippen LogP contribution in [0.3, 0.4) is 0 Å². The van der Waals surface area contributed by atoms with E-state index in [0.29, 0.717) is 16.0 Å². The third kappa shape index (κ3) is 3.92. The average Bonchev–Trinajstić information content (AvgIpc) is 3.52. The molecule has 3 aromatic carbocycles. The number of rotatable bonds is 4. The molecular weight excluding hydrogens is 570 g/mol. The zero-order chi connectivity index (χ0) is 26.6. The van der Waals surface area contributed by atoms with Crippen LogP contribution in [0, 0.1) is 0 Å². The third-order valence-corrected chi connectivity index (χ3v) is 7.85. The van der Waals surface area contributed by atoms with Crippen molar-refractivity contribution in [2.75, 3.05) is 7.11 Å². The number of hydrogen-bond acceptors (Lipinski definition) is 4. The number of carbonyl (C=O) groups excluding carboxylic acids is 3. The summed E-state index contributed by atoms with van der Waals surface area (Å²) in [6.07, 6.45) is 1.73. The van der Waals surface area contributed by atoms with Gasteiger partial charge in [0.25, 0.3) is 11.7 Å². The van der Waals surface area contributed by atoms with Crippen molar-refractivity contribution in [1.29, 1.82) is 0 Å². The highest BCUT2D eigenvalue weighted by Gasteiger charge is 2.46. The van der Waals surface area contributed by atoms with Crippen molar-refractivity contribution in [3.8, 4) is 0 Å². The van der Waals surface area contributed by atoms with E-state index >= 15 is 0 Å². The molecule has 0 saturated heterocycles. The average molecular weight is 591 g/mol. The van der Waals surface area contributed by atoms with Crippen molar-refractivity contribution in [3.63, 3.8) is 0 Å². The Morgan fingerprint density at radius 3 is 2.53 bits per heavy atom. The number of benzene rings is 3. The number of H-pyrrole nitrogens is 2. The van der Waals surface area contributed by atoms with E-state index in [2.05, 4.69) is 25.9 Å². The van der Waals surface area contributed by atoms with Gasteiger partial charge < -0.3 is 19.6 Å². The summed E-state index contributed by atoms with van der Waals surface area (Å²) >= 11 is 9.61. The van der Waals surface area contributed by atoms with E-state index in [1.807, 2.05) is 36.4 Å². The molecule has 9 heteroatoms. The Kier molecular flexibility index (Phi) is 6.08. The van der Waals surface area contributed by atoms with Crippen LogP contribution in [0.4, 0.5) is 0 Å². The van der Waals surface area contributed by atoms with Crippen LogP contribution in [0.25, 0.3) is 21.8 Å². The van der Waals surface area contributed by atoms with Crippen LogP contribution in [0.2, 0.25) is 5.02 Å². The van der Waals surface area contributed by atoms with Crippen molar-refractivity contribution in [3.05, 3.63) is 105 Å². The summed E-state index contributed by atoms with van der Waals surface area (Å²) < 4.78 is 5.92. The molecule has 3 heterocycles. The van der Waals surface area contributed by atoms with Crippen molar-refractivity contribution in [2.24, 2.45) is 0 Å². The fourth-order valence-corrected chi connectivity index (χ4v) is 5.85. The fraction of sp³-hybridized carbons (Fsp3) is 0.138. The van der Waals surface area contributed by atoms with Crippen LogP contribution in [0.5, 0.6) is 0 Å². The number of para-hydroxylation sites is 1. The lowest BCUT2D eigenvalue weighted by molar-refractivity contribution is -0.153. The third-order valence-electron chi connectivity index (χ3n) is 7.11. The van der Waals surface area contributed by atoms with Gasteiger partial charge in [0.2, 0.25) is 0 Å². The van der Waals surface area contributed by atoms with Gasteiger partial charge in [-0.15, -0.1) is 0 Å². The molecular formula is C29H21BrClN3O4. The summed E-state index contributed by atoms with van der Waals surface area (Å²) in [6, 6.07) is 18.5. The SMILES string of the molecule is COC(=O)[C@@H]1Cc2c([nH]c3ccccc23)[C@@H](c2ccc(Cl)cc2)N1C(=O)C(=O)c1c[nH]c2ccc(Br)cc12. The van der Waals surface area contributed by atoms with E-state index < -0.39 is 29.7 Å². The number of aromatic nitrogens is 2. The predicted octanol–water partition coefficient (Wildman–Crippen LogP) is 5.96. The Morgan fingerprint density at radius 1 is 1.00 bits per heavy atom. The Labute approximate surface area is 230 Å². The number of Topliss-reactive ketones (excluding diaryl/α,β-unsaturated/α-hetero) is 1. The number of nitrogens with one attached hydrogen (secondary N) is 2. The molecule has 38 heavy (non-hydrogen) atoms. The van der Waals surface area contributed by atoms with E-state index in [0.717, 1.165) is 32.1 Å². The Morgan fingerprint density at radius 2 is 1.76 bits per heavy atom. The van der Waals surface area contributed by atoms with Gasteiger partial charge in [0, 0.05) is 49.6 Å².